The Labute approximate surface area is 112 Å². The summed E-state index contributed by atoms with van der Waals surface area (Å²) >= 11 is 0. The molecule has 0 aliphatic carbocycles. The van der Waals surface area contributed by atoms with E-state index < -0.39 is 12.1 Å². The zero-order chi connectivity index (χ0) is 13.7. The maximum Gasteiger partial charge on any atom is 0.339 e. The van der Waals surface area contributed by atoms with E-state index >= 15 is 0 Å². The molecule has 1 unspecified atom stereocenters. The van der Waals surface area contributed by atoms with Gasteiger partial charge in [0.25, 0.3) is 0 Å². The number of rotatable bonds is 4. The van der Waals surface area contributed by atoms with Crippen molar-refractivity contribution >= 4 is 5.97 Å². The molecule has 2 aromatic carbocycles. The van der Waals surface area contributed by atoms with Crippen LogP contribution >= 0.6 is 0 Å². The minimum Gasteiger partial charge on any atom is -0.464 e. The molecule has 0 saturated heterocycles. The molecule has 19 heavy (non-hydrogen) atoms. The fourth-order valence-electron chi connectivity index (χ4n) is 1.85. The van der Waals surface area contributed by atoms with Crippen LogP contribution in [0.25, 0.3) is 11.1 Å². The molecule has 3 nitrogen and oxygen atoms in total. The molecule has 0 aliphatic heterocycles. The average molecular weight is 256 g/mol. The van der Waals surface area contributed by atoms with E-state index in [-0.39, 0.29) is 6.61 Å². The molecular weight excluding hydrogens is 240 g/mol. The first kappa shape index (κ1) is 13.3. The van der Waals surface area contributed by atoms with Gasteiger partial charge in [-0.05, 0) is 23.6 Å². The van der Waals surface area contributed by atoms with Crippen LogP contribution in [0.4, 0.5) is 0 Å². The Morgan fingerprint density at radius 3 is 2.21 bits per heavy atom. The van der Waals surface area contributed by atoms with Crippen molar-refractivity contribution in [3.63, 3.8) is 0 Å². The Kier molecular flexibility index (Phi) is 4.31. The number of esters is 1. The molecular formula is C16H16O3. The van der Waals surface area contributed by atoms with Crippen molar-refractivity contribution < 1.29 is 14.6 Å². The summed E-state index contributed by atoms with van der Waals surface area (Å²) in [5, 5.41) is 9.81. The van der Waals surface area contributed by atoms with Gasteiger partial charge in [0.1, 0.15) is 0 Å². The molecule has 3 heteroatoms. The first-order valence-corrected chi connectivity index (χ1v) is 6.22. The molecule has 0 spiro atoms. The highest BCUT2D eigenvalue weighted by Crippen LogP contribution is 2.22. The number of aliphatic hydroxyl groups excluding tert-OH is 1. The first-order valence-electron chi connectivity index (χ1n) is 6.22. The summed E-state index contributed by atoms with van der Waals surface area (Å²) in [5.41, 5.74) is 2.68. The van der Waals surface area contributed by atoms with Gasteiger partial charge in [0.05, 0.1) is 6.61 Å². The number of hydrogen-bond donors (Lipinski definition) is 1. The third kappa shape index (κ3) is 3.20. The highest BCUT2D eigenvalue weighted by atomic mass is 16.5. The molecule has 0 fully saturated rings. The monoisotopic (exact) mass is 256 g/mol. The quantitative estimate of drug-likeness (QED) is 0.855. The highest BCUT2D eigenvalue weighted by Gasteiger charge is 2.18. The maximum absolute atomic E-state index is 11.4. The number of hydrogen-bond acceptors (Lipinski definition) is 3. The van der Waals surface area contributed by atoms with Crippen molar-refractivity contribution in [2.45, 2.75) is 13.0 Å². The molecule has 1 N–H and O–H groups in total. The van der Waals surface area contributed by atoms with Crippen LogP contribution in [0.3, 0.4) is 0 Å². The van der Waals surface area contributed by atoms with E-state index in [4.69, 9.17) is 4.74 Å². The topological polar surface area (TPSA) is 46.5 Å². The predicted molar refractivity (Wildman–Crippen MR) is 73.5 cm³/mol. The van der Waals surface area contributed by atoms with Crippen LogP contribution in [0, 0.1) is 0 Å². The Hall–Kier alpha value is -2.13. The van der Waals surface area contributed by atoms with Gasteiger partial charge in [-0.15, -0.1) is 0 Å². The van der Waals surface area contributed by atoms with Crippen molar-refractivity contribution in [1.29, 1.82) is 0 Å². The highest BCUT2D eigenvalue weighted by molar-refractivity contribution is 5.76. The van der Waals surface area contributed by atoms with Gasteiger partial charge in [0.2, 0.25) is 0 Å². The second kappa shape index (κ2) is 6.16. The average Bonchev–Trinajstić information content (AvgIpc) is 2.48. The van der Waals surface area contributed by atoms with Crippen molar-refractivity contribution in [2.75, 3.05) is 6.61 Å². The van der Waals surface area contributed by atoms with Crippen molar-refractivity contribution in [1.82, 2.24) is 0 Å². The summed E-state index contributed by atoms with van der Waals surface area (Å²) < 4.78 is 4.78. The third-order valence-corrected chi connectivity index (χ3v) is 2.84. The molecule has 98 valence electrons. The van der Waals surface area contributed by atoms with Gasteiger partial charge in [0.15, 0.2) is 6.10 Å². The first-order chi connectivity index (χ1) is 9.22. The minimum absolute atomic E-state index is 0.262. The molecule has 0 bridgehead atoms. The second-order valence-corrected chi connectivity index (χ2v) is 4.14. The standard InChI is InChI=1S/C16H16O3/c1-2-19-16(18)15(17)14-10-8-13(9-11-14)12-6-4-3-5-7-12/h3-11,15,17H,2H2,1H3. The van der Waals surface area contributed by atoms with Gasteiger partial charge in [-0.3, -0.25) is 0 Å². The normalized spacial score (nSPS) is 11.9. The lowest BCUT2D eigenvalue weighted by Crippen LogP contribution is -2.15. The van der Waals surface area contributed by atoms with Crippen LogP contribution in [0.5, 0.6) is 0 Å². The summed E-state index contributed by atoms with van der Waals surface area (Å²) in [4.78, 5) is 11.4. The molecule has 0 aliphatic rings. The maximum atomic E-state index is 11.4. The Bertz CT molecular complexity index is 532. The lowest BCUT2D eigenvalue weighted by Gasteiger charge is -2.10. The van der Waals surface area contributed by atoms with E-state index in [2.05, 4.69) is 0 Å². The smallest absolute Gasteiger partial charge is 0.339 e. The number of benzene rings is 2. The van der Waals surface area contributed by atoms with Crippen LogP contribution in [0.1, 0.15) is 18.6 Å². The van der Waals surface area contributed by atoms with E-state index in [1.807, 2.05) is 42.5 Å². The van der Waals surface area contributed by atoms with Crippen molar-refractivity contribution in [3.05, 3.63) is 60.2 Å². The summed E-state index contributed by atoms with van der Waals surface area (Å²) in [6.45, 7) is 1.97. The predicted octanol–water partition coefficient (Wildman–Crippen LogP) is 2.95. The fourth-order valence-corrected chi connectivity index (χ4v) is 1.85. The molecule has 0 saturated carbocycles. The van der Waals surface area contributed by atoms with E-state index in [1.54, 1.807) is 19.1 Å². The number of ether oxygens (including phenoxy) is 1. The van der Waals surface area contributed by atoms with Crippen LogP contribution in [0.15, 0.2) is 54.6 Å². The fraction of sp³-hybridized carbons (Fsp3) is 0.188. The van der Waals surface area contributed by atoms with E-state index in [0.717, 1.165) is 11.1 Å². The Morgan fingerprint density at radius 2 is 1.63 bits per heavy atom. The minimum atomic E-state index is -1.22. The summed E-state index contributed by atoms with van der Waals surface area (Å²) in [6, 6.07) is 17.2. The van der Waals surface area contributed by atoms with Gasteiger partial charge in [-0.1, -0.05) is 54.6 Å². The summed E-state index contributed by atoms with van der Waals surface area (Å²) in [5.74, 6) is -0.616. The van der Waals surface area contributed by atoms with Crippen molar-refractivity contribution in [3.8, 4) is 11.1 Å². The van der Waals surface area contributed by atoms with Crippen LogP contribution in [0.2, 0.25) is 0 Å². The number of carbonyl (C=O) groups is 1. The molecule has 2 rings (SSSR count). The Morgan fingerprint density at radius 1 is 1.05 bits per heavy atom. The second-order valence-electron chi connectivity index (χ2n) is 4.14. The molecule has 1 atom stereocenters. The lowest BCUT2D eigenvalue weighted by atomic mass is 10.0. The van der Waals surface area contributed by atoms with E-state index in [0.29, 0.717) is 5.56 Å². The molecule has 0 aromatic heterocycles. The molecule has 0 amide bonds. The zero-order valence-electron chi connectivity index (χ0n) is 10.7. The molecule has 0 radical (unpaired) electrons. The summed E-state index contributed by atoms with van der Waals surface area (Å²) in [6.07, 6.45) is -1.22. The molecule has 2 aromatic rings. The largest absolute Gasteiger partial charge is 0.464 e. The van der Waals surface area contributed by atoms with Crippen LogP contribution < -0.4 is 0 Å². The lowest BCUT2D eigenvalue weighted by molar-refractivity contribution is -0.153. The SMILES string of the molecule is CCOC(=O)C(O)c1ccc(-c2ccccc2)cc1. The van der Waals surface area contributed by atoms with Gasteiger partial charge in [-0.25, -0.2) is 4.79 Å². The van der Waals surface area contributed by atoms with Crippen LogP contribution in [-0.4, -0.2) is 17.7 Å². The van der Waals surface area contributed by atoms with Gasteiger partial charge < -0.3 is 9.84 Å². The zero-order valence-corrected chi connectivity index (χ0v) is 10.7. The molecule has 0 heterocycles. The van der Waals surface area contributed by atoms with E-state index in [1.165, 1.54) is 0 Å². The van der Waals surface area contributed by atoms with E-state index in [9.17, 15) is 9.90 Å². The number of carbonyl (C=O) groups excluding carboxylic acids is 1. The summed E-state index contributed by atoms with van der Waals surface area (Å²) in [7, 11) is 0. The van der Waals surface area contributed by atoms with Gasteiger partial charge in [0, 0.05) is 0 Å². The van der Waals surface area contributed by atoms with Crippen LogP contribution in [-0.2, 0) is 9.53 Å². The Balaban J connectivity index is 2.17. The van der Waals surface area contributed by atoms with Gasteiger partial charge >= 0.3 is 5.97 Å². The van der Waals surface area contributed by atoms with Crippen molar-refractivity contribution in [2.24, 2.45) is 0 Å². The van der Waals surface area contributed by atoms with Gasteiger partial charge in [-0.2, -0.15) is 0 Å². The number of aliphatic hydroxyl groups is 1. The third-order valence-electron chi connectivity index (χ3n) is 2.84.